The van der Waals surface area contributed by atoms with Crippen molar-refractivity contribution in [1.29, 1.82) is 0 Å². The summed E-state index contributed by atoms with van der Waals surface area (Å²) in [4.78, 5) is 35.3. The van der Waals surface area contributed by atoms with E-state index in [9.17, 15) is 19.5 Å². The summed E-state index contributed by atoms with van der Waals surface area (Å²) in [5.41, 5.74) is 0.767. The minimum Gasteiger partial charge on any atom is -0.480 e. The molecule has 0 aromatic heterocycles. The fourth-order valence-electron chi connectivity index (χ4n) is 1.96. The summed E-state index contributed by atoms with van der Waals surface area (Å²) in [6.45, 7) is 0. The van der Waals surface area contributed by atoms with Gasteiger partial charge in [0.05, 0.1) is 0 Å². The van der Waals surface area contributed by atoms with Gasteiger partial charge in [0.15, 0.2) is 5.78 Å². The van der Waals surface area contributed by atoms with Crippen molar-refractivity contribution in [2.45, 2.75) is 12.5 Å². The van der Waals surface area contributed by atoms with Crippen molar-refractivity contribution in [3.8, 4) is 0 Å². The largest absolute Gasteiger partial charge is 0.480 e. The van der Waals surface area contributed by atoms with Gasteiger partial charge in [-0.15, -0.1) is 0 Å². The van der Waals surface area contributed by atoms with Gasteiger partial charge in [-0.1, -0.05) is 48.5 Å². The standard InChI is InChI=1S/C17H15NO4/c19-15(12-7-3-1-4-8-12)11-14(17(21)22)18-16(20)13-9-5-2-6-10-13/h1-10,14H,11H2,(H,18,20)(H,21,22). The minimum atomic E-state index is -1.26. The Kier molecular flexibility index (Phi) is 5.03. The lowest BCUT2D eigenvalue weighted by Gasteiger charge is -2.14. The molecule has 0 radical (unpaired) electrons. The lowest BCUT2D eigenvalue weighted by Crippen LogP contribution is -2.42. The van der Waals surface area contributed by atoms with E-state index in [1.54, 1.807) is 60.7 Å². The van der Waals surface area contributed by atoms with E-state index in [1.165, 1.54) is 0 Å². The van der Waals surface area contributed by atoms with Crippen LogP contribution in [0.2, 0.25) is 0 Å². The first-order chi connectivity index (χ1) is 10.6. The zero-order valence-electron chi connectivity index (χ0n) is 11.7. The summed E-state index contributed by atoms with van der Waals surface area (Å²) in [6.07, 6.45) is -0.294. The Hall–Kier alpha value is -2.95. The van der Waals surface area contributed by atoms with Gasteiger partial charge < -0.3 is 10.4 Å². The molecule has 2 aromatic rings. The summed E-state index contributed by atoms with van der Waals surface area (Å²) in [5.74, 6) is -2.09. The first-order valence-electron chi connectivity index (χ1n) is 6.75. The van der Waals surface area contributed by atoms with E-state index in [4.69, 9.17) is 0 Å². The summed E-state index contributed by atoms with van der Waals surface area (Å²) in [6, 6.07) is 15.4. The summed E-state index contributed by atoms with van der Waals surface area (Å²) in [5, 5.41) is 11.6. The molecule has 0 aliphatic carbocycles. The van der Waals surface area contributed by atoms with Crippen LogP contribution in [0.3, 0.4) is 0 Å². The van der Waals surface area contributed by atoms with Gasteiger partial charge >= 0.3 is 5.97 Å². The van der Waals surface area contributed by atoms with Crippen LogP contribution in [0, 0.1) is 0 Å². The predicted molar refractivity (Wildman–Crippen MR) is 80.7 cm³/mol. The van der Waals surface area contributed by atoms with Crippen LogP contribution in [-0.4, -0.2) is 28.8 Å². The average Bonchev–Trinajstić information content (AvgIpc) is 2.55. The number of benzene rings is 2. The van der Waals surface area contributed by atoms with Crippen molar-refractivity contribution < 1.29 is 19.5 Å². The molecular weight excluding hydrogens is 282 g/mol. The number of aliphatic carboxylic acids is 1. The number of carboxylic acids is 1. The Bertz CT molecular complexity index is 614. The number of Topliss-reactive ketones (excluding diaryl/α,β-unsaturated/α-hetero) is 1. The molecule has 0 saturated heterocycles. The number of hydrogen-bond donors (Lipinski definition) is 2. The van der Waals surface area contributed by atoms with Crippen molar-refractivity contribution in [1.82, 2.24) is 5.32 Å². The van der Waals surface area contributed by atoms with Crippen LogP contribution in [0.1, 0.15) is 27.1 Å². The smallest absolute Gasteiger partial charge is 0.326 e. The summed E-state index contributed by atoms with van der Waals surface area (Å²) < 4.78 is 0. The normalized spacial score (nSPS) is 11.5. The molecule has 1 unspecified atom stereocenters. The van der Waals surface area contributed by atoms with E-state index in [0.29, 0.717) is 11.1 Å². The SMILES string of the molecule is O=C(CC(NC(=O)c1ccccc1)C(=O)O)c1ccccc1. The fraction of sp³-hybridized carbons (Fsp3) is 0.118. The zero-order valence-corrected chi connectivity index (χ0v) is 11.7. The molecule has 0 aliphatic heterocycles. The van der Waals surface area contributed by atoms with Gasteiger partial charge in [0.2, 0.25) is 0 Å². The molecule has 0 bridgehead atoms. The highest BCUT2D eigenvalue weighted by Crippen LogP contribution is 2.07. The Labute approximate surface area is 127 Å². The molecule has 1 amide bonds. The third-order valence-corrected chi connectivity index (χ3v) is 3.12. The van der Waals surface area contributed by atoms with E-state index < -0.39 is 17.9 Å². The third-order valence-electron chi connectivity index (χ3n) is 3.12. The molecular formula is C17H15NO4. The van der Waals surface area contributed by atoms with Crippen LogP contribution in [0.4, 0.5) is 0 Å². The molecule has 5 heteroatoms. The van der Waals surface area contributed by atoms with Crippen LogP contribution in [0.5, 0.6) is 0 Å². The van der Waals surface area contributed by atoms with Crippen LogP contribution < -0.4 is 5.32 Å². The molecule has 2 aromatic carbocycles. The molecule has 0 saturated carbocycles. The van der Waals surface area contributed by atoms with Gasteiger partial charge in [0.25, 0.3) is 5.91 Å². The molecule has 2 rings (SSSR count). The lowest BCUT2D eigenvalue weighted by molar-refractivity contribution is -0.139. The molecule has 112 valence electrons. The molecule has 0 fully saturated rings. The lowest BCUT2D eigenvalue weighted by atomic mass is 10.0. The molecule has 5 nitrogen and oxygen atoms in total. The van der Waals surface area contributed by atoms with E-state index in [-0.39, 0.29) is 12.2 Å². The van der Waals surface area contributed by atoms with Gasteiger partial charge in [0.1, 0.15) is 6.04 Å². The number of hydrogen-bond acceptors (Lipinski definition) is 3. The maximum atomic E-state index is 12.1. The van der Waals surface area contributed by atoms with Gasteiger partial charge in [-0.3, -0.25) is 9.59 Å². The topological polar surface area (TPSA) is 83.5 Å². The number of rotatable bonds is 6. The summed E-state index contributed by atoms with van der Waals surface area (Å²) >= 11 is 0. The van der Waals surface area contributed by atoms with Gasteiger partial charge in [0, 0.05) is 17.5 Å². The average molecular weight is 297 g/mol. The minimum absolute atomic E-state index is 0.294. The second-order valence-corrected chi connectivity index (χ2v) is 4.72. The van der Waals surface area contributed by atoms with Crippen molar-refractivity contribution in [2.75, 3.05) is 0 Å². The fourth-order valence-corrected chi connectivity index (χ4v) is 1.96. The van der Waals surface area contributed by atoms with E-state index in [1.807, 2.05) is 0 Å². The maximum absolute atomic E-state index is 12.1. The monoisotopic (exact) mass is 297 g/mol. The van der Waals surface area contributed by atoms with Crippen molar-refractivity contribution in [3.63, 3.8) is 0 Å². The molecule has 2 N–H and O–H groups in total. The van der Waals surface area contributed by atoms with Crippen molar-refractivity contribution >= 4 is 17.7 Å². The molecule has 0 heterocycles. The first-order valence-corrected chi connectivity index (χ1v) is 6.75. The molecule has 22 heavy (non-hydrogen) atoms. The van der Waals surface area contributed by atoms with Crippen LogP contribution in [-0.2, 0) is 4.79 Å². The number of nitrogens with one attached hydrogen (secondary N) is 1. The Morgan fingerprint density at radius 1 is 0.864 bits per heavy atom. The summed E-state index contributed by atoms with van der Waals surface area (Å²) in [7, 11) is 0. The second-order valence-electron chi connectivity index (χ2n) is 4.72. The number of carboxylic acid groups (broad SMARTS) is 1. The zero-order chi connectivity index (χ0) is 15.9. The van der Waals surface area contributed by atoms with Crippen molar-refractivity contribution in [3.05, 3.63) is 71.8 Å². The first kappa shape index (κ1) is 15.4. The Balaban J connectivity index is 2.06. The molecule has 0 spiro atoms. The third kappa shape index (κ3) is 4.02. The molecule has 1 atom stereocenters. The predicted octanol–water partition coefficient (Wildman–Crippen LogP) is 2.14. The van der Waals surface area contributed by atoms with E-state index >= 15 is 0 Å². The van der Waals surface area contributed by atoms with Gasteiger partial charge in [-0.05, 0) is 12.1 Å². The number of amides is 1. The highest BCUT2D eigenvalue weighted by molar-refractivity contribution is 6.01. The van der Waals surface area contributed by atoms with Crippen LogP contribution >= 0.6 is 0 Å². The van der Waals surface area contributed by atoms with Gasteiger partial charge in [-0.25, -0.2) is 4.79 Å². The van der Waals surface area contributed by atoms with Gasteiger partial charge in [-0.2, -0.15) is 0 Å². The molecule has 0 aliphatic rings. The van der Waals surface area contributed by atoms with E-state index in [2.05, 4.69) is 5.32 Å². The highest BCUT2D eigenvalue weighted by atomic mass is 16.4. The quantitative estimate of drug-likeness (QED) is 0.800. The van der Waals surface area contributed by atoms with Crippen LogP contribution in [0.15, 0.2) is 60.7 Å². The van der Waals surface area contributed by atoms with Crippen molar-refractivity contribution in [2.24, 2.45) is 0 Å². The number of ketones is 1. The Morgan fingerprint density at radius 2 is 1.36 bits per heavy atom. The maximum Gasteiger partial charge on any atom is 0.326 e. The highest BCUT2D eigenvalue weighted by Gasteiger charge is 2.24. The number of carbonyl (C=O) groups excluding carboxylic acids is 2. The second kappa shape index (κ2) is 7.17. The Morgan fingerprint density at radius 3 is 1.86 bits per heavy atom. The number of carbonyl (C=O) groups is 3. The van der Waals surface area contributed by atoms with Crippen LogP contribution in [0.25, 0.3) is 0 Å². The van der Waals surface area contributed by atoms with E-state index in [0.717, 1.165) is 0 Å².